The monoisotopic (exact) mass is 227 g/mol. The summed E-state index contributed by atoms with van der Waals surface area (Å²) < 4.78 is 12.9. The zero-order valence-electron chi connectivity index (χ0n) is 8.49. The van der Waals surface area contributed by atoms with Crippen molar-refractivity contribution in [2.75, 3.05) is 18.9 Å². The number of nitro benzene ring substituents is 1. The van der Waals surface area contributed by atoms with Gasteiger partial charge < -0.3 is 10.6 Å². The van der Waals surface area contributed by atoms with Crippen LogP contribution in [-0.4, -0.2) is 24.4 Å². The number of amides is 1. The van der Waals surface area contributed by atoms with E-state index in [1.807, 2.05) is 0 Å². The van der Waals surface area contributed by atoms with E-state index in [0.717, 1.165) is 18.2 Å². The van der Waals surface area contributed by atoms with Gasteiger partial charge in [-0.2, -0.15) is 0 Å². The van der Waals surface area contributed by atoms with E-state index in [9.17, 15) is 19.3 Å². The topological polar surface area (TPSA) is 84.3 Å². The number of anilines is 1. The molecule has 0 saturated carbocycles. The van der Waals surface area contributed by atoms with Crippen LogP contribution in [0.3, 0.4) is 0 Å². The van der Waals surface area contributed by atoms with Crippen molar-refractivity contribution in [1.82, 2.24) is 5.32 Å². The van der Waals surface area contributed by atoms with Gasteiger partial charge in [0.25, 0.3) is 5.69 Å². The Labute approximate surface area is 90.6 Å². The van der Waals surface area contributed by atoms with Crippen LogP contribution in [0.2, 0.25) is 0 Å². The molecule has 0 aliphatic rings. The molecule has 0 atom stereocenters. The molecule has 86 valence electrons. The van der Waals surface area contributed by atoms with E-state index >= 15 is 0 Å². The smallest absolute Gasteiger partial charge is 0.292 e. The molecule has 16 heavy (non-hydrogen) atoms. The SMILES string of the molecule is CNC(=O)CNc1cc(F)ccc1[N+](=O)[O-]. The molecule has 7 heteroatoms. The van der Waals surface area contributed by atoms with Crippen molar-refractivity contribution in [3.8, 4) is 0 Å². The molecule has 0 fully saturated rings. The number of hydrogen-bond donors (Lipinski definition) is 2. The van der Waals surface area contributed by atoms with Crippen molar-refractivity contribution >= 4 is 17.3 Å². The highest BCUT2D eigenvalue weighted by atomic mass is 19.1. The lowest BCUT2D eigenvalue weighted by Gasteiger charge is -2.05. The van der Waals surface area contributed by atoms with E-state index in [-0.39, 0.29) is 23.8 Å². The third kappa shape index (κ3) is 2.91. The Morgan fingerprint density at radius 2 is 2.25 bits per heavy atom. The average molecular weight is 227 g/mol. The third-order valence-corrected chi connectivity index (χ3v) is 1.87. The molecule has 2 N–H and O–H groups in total. The summed E-state index contributed by atoms with van der Waals surface area (Å²) in [6.45, 7) is -0.152. The molecule has 0 radical (unpaired) electrons. The third-order valence-electron chi connectivity index (χ3n) is 1.87. The van der Waals surface area contributed by atoms with Crippen LogP contribution < -0.4 is 10.6 Å². The fourth-order valence-corrected chi connectivity index (χ4v) is 1.07. The van der Waals surface area contributed by atoms with Crippen LogP contribution in [0.5, 0.6) is 0 Å². The number of carbonyl (C=O) groups excluding carboxylic acids is 1. The van der Waals surface area contributed by atoms with Gasteiger partial charge in [0.15, 0.2) is 0 Å². The van der Waals surface area contributed by atoms with Crippen molar-refractivity contribution in [3.63, 3.8) is 0 Å². The van der Waals surface area contributed by atoms with Crippen molar-refractivity contribution in [2.24, 2.45) is 0 Å². The lowest BCUT2D eigenvalue weighted by molar-refractivity contribution is -0.384. The predicted molar refractivity (Wildman–Crippen MR) is 55.6 cm³/mol. The first-order chi connectivity index (χ1) is 7.54. The number of nitro groups is 1. The number of carbonyl (C=O) groups is 1. The first-order valence-corrected chi connectivity index (χ1v) is 4.43. The Morgan fingerprint density at radius 3 is 2.81 bits per heavy atom. The Balaban J connectivity index is 2.88. The summed E-state index contributed by atoms with van der Waals surface area (Å²) in [6.07, 6.45) is 0. The van der Waals surface area contributed by atoms with Crippen molar-refractivity contribution < 1.29 is 14.1 Å². The molecule has 1 aromatic rings. The van der Waals surface area contributed by atoms with Gasteiger partial charge in [0.1, 0.15) is 11.5 Å². The Morgan fingerprint density at radius 1 is 1.56 bits per heavy atom. The standard InChI is InChI=1S/C9H10FN3O3/c1-11-9(14)5-12-7-4-6(10)2-3-8(7)13(15)16/h2-4,12H,5H2,1H3,(H,11,14). The molecule has 0 aliphatic carbocycles. The van der Waals surface area contributed by atoms with Gasteiger partial charge in [0.2, 0.25) is 5.91 Å². The molecule has 6 nitrogen and oxygen atoms in total. The van der Waals surface area contributed by atoms with Crippen LogP contribution in [0.1, 0.15) is 0 Å². The second-order valence-corrected chi connectivity index (χ2v) is 2.95. The summed E-state index contributed by atoms with van der Waals surface area (Å²) in [7, 11) is 1.43. The van der Waals surface area contributed by atoms with Gasteiger partial charge in [-0.3, -0.25) is 14.9 Å². The summed E-state index contributed by atoms with van der Waals surface area (Å²) in [4.78, 5) is 20.9. The lowest BCUT2D eigenvalue weighted by atomic mass is 10.2. The Bertz CT molecular complexity index is 422. The molecule has 1 rings (SSSR count). The number of nitrogens with one attached hydrogen (secondary N) is 2. The van der Waals surface area contributed by atoms with E-state index in [1.165, 1.54) is 7.05 Å². The van der Waals surface area contributed by atoms with E-state index in [0.29, 0.717) is 0 Å². The summed E-state index contributed by atoms with van der Waals surface area (Å²) in [5, 5.41) is 15.4. The molecule has 0 heterocycles. The predicted octanol–water partition coefficient (Wildman–Crippen LogP) is 0.892. The fourth-order valence-electron chi connectivity index (χ4n) is 1.07. The minimum atomic E-state index is -0.647. The van der Waals surface area contributed by atoms with Gasteiger partial charge in [-0.15, -0.1) is 0 Å². The van der Waals surface area contributed by atoms with Gasteiger partial charge in [0, 0.05) is 19.2 Å². The first kappa shape index (κ1) is 11.9. The number of nitrogens with zero attached hydrogens (tertiary/aromatic N) is 1. The lowest BCUT2D eigenvalue weighted by Crippen LogP contribution is -2.26. The van der Waals surface area contributed by atoms with Gasteiger partial charge in [-0.25, -0.2) is 4.39 Å². The highest BCUT2D eigenvalue weighted by Crippen LogP contribution is 2.24. The minimum Gasteiger partial charge on any atom is -0.370 e. The average Bonchev–Trinajstić information content (AvgIpc) is 2.25. The van der Waals surface area contributed by atoms with Gasteiger partial charge in [0.05, 0.1) is 11.5 Å². The largest absolute Gasteiger partial charge is 0.370 e. The van der Waals surface area contributed by atoms with Crippen molar-refractivity contribution in [3.05, 3.63) is 34.1 Å². The second-order valence-electron chi connectivity index (χ2n) is 2.95. The second kappa shape index (κ2) is 5.06. The highest BCUT2D eigenvalue weighted by molar-refractivity contribution is 5.81. The number of benzene rings is 1. The number of halogens is 1. The number of rotatable bonds is 4. The molecule has 0 aliphatic heterocycles. The maximum atomic E-state index is 12.9. The van der Waals surface area contributed by atoms with Gasteiger partial charge in [-0.1, -0.05) is 0 Å². The molecular weight excluding hydrogens is 217 g/mol. The first-order valence-electron chi connectivity index (χ1n) is 4.43. The highest BCUT2D eigenvalue weighted by Gasteiger charge is 2.14. The molecule has 0 unspecified atom stereocenters. The van der Waals surface area contributed by atoms with Crippen LogP contribution in [0.25, 0.3) is 0 Å². The summed E-state index contributed by atoms with van der Waals surface area (Å²) >= 11 is 0. The molecule has 0 spiro atoms. The van der Waals surface area contributed by atoms with E-state index in [1.54, 1.807) is 0 Å². The molecule has 0 aromatic heterocycles. The normalized spacial score (nSPS) is 9.62. The van der Waals surface area contributed by atoms with Gasteiger partial charge in [-0.05, 0) is 6.07 Å². The fraction of sp³-hybridized carbons (Fsp3) is 0.222. The van der Waals surface area contributed by atoms with Crippen LogP contribution in [0.15, 0.2) is 18.2 Å². The van der Waals surface area contributed by atoms with E-state index in [4.69, 9.17) is 0 Å². The number of likely N-dealkylation sites (N-methyl/N-ethyl adjacent to an activating group) is 1. The van der Waals surface area contributed by atoms with Crippen LogP contribution in [-0.2, 0) is 4.79 Å². The quantitative estimate of drug-likeness (QED) is 0.591. The van der Waals surface area contributed by atoms with Crippen LogP contribution >= 0.6 is 0 Å². The molecule has 1 amide bonds. The zero-order valence-corrected chi connectivity index (χ0v) is 8.49. The molecule has 1 aromatic carbocycles. The van der Waals surface area contributed by atoms with E-state index < -0.39 is 10.7 Å². The van der Waals surface area contributed by atoms with E-state index in [2.05, 4.69) is 10.6 Å². The maximum Gasteiger partial charge on any atom is 0.292 e. The Kier molecular flexibility index (Phi) is 3.76. The summed E-state index contributed by atoms with van der Waals surface area (Å²) in [5.74, 6) is -0.955. The summed E-state index contributed by atoms with van der Waals surface area (Å²) in [6, 6.07) is 3.01. The molecule has 0 saturated heterocycles. The minimum absolute atomic E-state index is 0.0198. The van der Waals surface area contributed by atoms with Crippen LogP contribution in [0.4, 0.5) is 15.8 Å². The maximum absolute atomic E-state index is 12.9. The Hall–Kier alpha value is -2.18. The summed E-state index contributed by atoms with van der Waals surface area (Å²) in [5.41, 5.74) is -0.293. The number of hydrogen-bond acceptors (Lipinski definition) is 4. The van der Waals surface area contributed by atoms with Crippen molar-refractivity contribution in [2.45, 2.75) is 0 Å². The van der Waals surface area contributed by atoms with Crippen molar-refractivity contribution in [1.29, 1.82) is 0 Å². The van der Waals surface area contributed by atoms with Crippen LogP contribution in [0, 0.1) is 15.9 Å². The molecular formula is C9H10FN3O3. The van der Waals surface area contributed by atoms with Gasteiger partial charge >= 0.3 is 0 Å². The zero-order chi connectivity index (χ0) is 12.1. The molecule has 0 bridgehead atoms.